The summed E-state index contributed by atoms with van der Waals surface area (Å²) in [6.45, 7) is 5.52. The van der Waals surface area contributed by atoms with Gasteiger partial charge in [0.05, 0.1) is 6.61 Å². The number of hydrogen-bond donors (Lipinski definition) is 1. The molecule has 0 atom stereocenters. The molecule has 0 saturated heterocycles. The van der Waals surface area contributed by atoms with E-state index < -0.39 is 0 Å². The Labute approximate surface area is 85.5 Å². The highest BCUT2D eigenvalue weighted by Crippen LogP contribution is 1.93. The van der Waals surface area contributed by atoms with Crippen LogP contribution in [0.25, 0.3) is 0 Å². The topological polar surface area (TPSA) is 34.1 Å². The fraction of sp³-hybridized carbons (Fsp3) is 0.545. The van der Waals surface area contributed by atoms with E-state index in [0.717, 1.165) is 32.7 Å². The SMILES string of the molecule is CCCOCCNCc1cccnc1. The maximum atomic E-state index is 5.34. The molecule has 1 aromatic heterocycles. The average Bonchev–Trinajstić information content (AvgIpc) is 2.25. The molecule has 0 unspecified atom stereocenters. The zero-order valence-corrected chi connectivity index (χ0v) is 8.70. The molecule has 0 spiro atoms. The first-order valence-corrected chi connectivity index (χ1v) is 5.11. The van der Waals surface area contributed by atoms with E-state index in [2.05, 4.69) is 23.3 Å². The Morgan fingerprint density at radius 3 is 3.07 bits per heavy atom. The van der Waals surface area contributed by atoms with E-state index >= 15 is 0 Å². The molecule has 0 aromatic carbocycles. The minimum Gasteiger partial charge on any atom is -0.380 e. The van der Waals surface area contributed by atoms with Crippen molar-refractivity contribution >= 4 is 0 Å². The van der Waals surface area contributed by atoms with Crippen molar-refractivity contribution in [3.63, 3.8) is 0 Å². The van der Waals surface area contributed by atoms with E-state index in [1.807, 2.05) is 12.3 Å². The minimum absolute atomic E-state index is 0.786. The summed E-state index contributed by atoms with van der Waals surface area (Å²) in [5, 5.41) is 3.30. The zero-order chi connectivity index (χ0) is 10.1. The van der Waals surface area contributed by atoms with Gasteiger partial charge in [0.15, 0.2) is 0 Å². The quantitative estimate of drug-likeness (QED) is 0.669. The Hall–Kier alpha value is -0.930. The molecule has 78 valence electrons. The van der Waals surface area contributed by atoms with E-state index in [4.69, 9.17) is 4.74 Å². The summed E-state index contributed by atoms with van der Waals surface area (Å²) in [5.41, 5.74) is 1.21. The van der Waals surface area contributed by atoms with Crippen LogP contribution < -0.4 is 5.32 Å². The molecule has 0 saturated carbocycles. The van der Waals surface area contributed by atoms with Crippen LogP contribution >= 0.6 is 0 Å². The molecule has 1 rings (SSSR count). The minimum atomic E-state index is 0.786. The number of aromatic nitrogens is 1. The smallest absolute Gasteiger partial charge is 0.0591 e. The van der Waals surface area contributed by atoms with Crippen LogP contribution in [0.4, 0.5) is 0 Å². The fourth-order valence-corrected chi connectivity index (χ4v) is 1.13. The second-order valence-electron chi connectivity index (χ2n) is 3.15. The fourth-order valence-electron chi connectivity index (χ4n) is 1.13. The molecular formula is C11H18N2O. The lowest BCUT2D eigenvalue weighted by atomic mass is 10.3. The summed E-state index contributed by atoms with van der Waals surface area (Å²) >= 11 is 0. The molecule has 0 radical (unpaired) electrons. The molecular weight excluding hydrogens is 176 g/mol. The molecule has 0 aliphatic carbocycles. The highest BCUT2D eigenvalue weighted by Gasteiger charge is 1.90. The summed E-state index contributed by atoms with van der Waals surface area (Å²) in [5.74, 6) is 0. The second kappa shape index (κ2) is 7.47. The number of ether oxygens (including phenoxy) is 1. The van der Waals surface area contributed by atoms with Gasteiger partial charge in [-0.2, -0.15) is 0 Å². The van der Waals surface area contributed by atoms with Crippen molar-refractivity contribution in [2.75, 3.05) is 19.8 Å². The van der Waals surface area contributed by atoms with Crippen LogP contribution in [0, 0.1) is 0 Å². The van der Waals surface area contributed by atoms with E-state index in [9.17, 15) is 0 Å². The maximum Gasteiger partial charge on any atom is 0.0591 e. The standard InChI is InChI=1S/C11H18N2O/c1-2-7-14-8-6-13-10-11-4-3-5-12-9-11/h3-5,9,13H,2,6-8,10H2,1H3. The average molecular weight is 194 g/mol. The van der Waals surface area contributed by atoms with Gasteiger partial charge in [-0.3, -0.25) is 4.98 Å². The largest absolute Gasteiger partial charge is 0.380 e. The normalized spacial score (nSPS) is 10.4. The van der Waals surface area contributed by atoms with Crippen LogP contribution in [-0.2, 0) is 11.3 Å². The van der Waals surface area contributed by atoms with Crippen molar-refractivity contribution in [2.45, 2.75) is 19.9 Å². The van der Waals surface area contributed by atoms with Crippen molar-refractivity contribution in [2.24, 2.45) is 0 Å². The Kier molecular flexibility index (Phi) is 5.95. The third-order valence-electron chi connectivity index (χ3n) is 1.82. The van der Waals surface area contributed by atoms with Gasteiger partial charge in [0.1, 0.15) is 0 Å². The molecule has 3 nitrogen and oxygen atoms in total. The van der Waals surface area contributed by atoms with Gasteiger partial charge in [0.2, 0.25) is 0 Å². The molecule has 0 aliphatic heterocycles. The van der Waals surface area contributed by atoms with Gasteiger partial charge in [0, 0.05) is 32.1 Å². The van der Waals surface area contributed by atoms with Crippen molar-refractivity contribution in [3.05, 3.63) is 30.1 Å². The summed E-state index contributed by atoms with van der Waals surface area (Å²) in [6, 6.07) is 4.01. The van der Waals surface area contributed by atoms with Gasteiger partial charge in [-0.25, -0.2) is 0 Å². The monoisotopic (exact) mass is 194 g/mol. The summed E-state index contributed by atoms with van der Waals surface area (Å²) in [6.07, 6.45) is 4.75. The Morgan fingerprint density at radius 1 is 1.43 bits per heavy atom. The van der Waals surface area contributed by atoms with Crippen LogP contribution in [0.15, 0.2) is 24.5 Å². The molecule has 1 heterocycles. The lowest BCUT2D eigenvalue weighted by molar-refractivity contribution is 0.136. The van der Waals surface area contributed by atoms with Crippen molar-refractivity contribution in [1.29, 1.82) is 0 Å². The van der Waals surface area contributed by atoms with E-state index in [1.54, 1.807) is 6.20 Å². The lowest BCUT2D eigenvalue weighted by Gasteiger charge is -2.04. The number of nitrogens with zero attached hydrogens (tertiary/aromatic N) is 1. The summed E-state index contributed by atoms with van der Waals surface area (Å²) in [7, 11) is 0. The molecule has 0 fully saturated rings. The number of nitrogens with one attached hydrogen (secondary N) is 1. The van der Waals surface area contributed by atoms with Crippen LogP contribution in [0.5, 0.6) is 0 Å². The highest BCUT2D eigenvalue weighted by molar-refractivity contribution is 5.07. The Bertz CT molecular complexity index is 226. The van der Waals surface area contributed by atoms with Crippen molar-refractivity contribution < 1.29 is 4.74 Å². The van der Waals surface area contributed by atoms with E-state index in [1.165, 1.54) is 5.56 Å². The Balaban J connectivity index is 1.99. The Morgan fingerprint density at radius 2 is 2.36 bits per heavy atom. The van der Waals surface area contributed by atoms with Gasteiger partial charge in [-0.05, 0) is 18.1 Å². The predicted molar refractivity (Wildman–Crippen MR) is 57.1 cm³/mol. The van der Waals surface area contributed by atoms with Gasteiger partial charge >= 0.3 is 0 Å². The third kappa shape index (κ3) is 4.94. The lowest BCUT2D eigenvalue weighted by Crippen LogP contribution is -2.19. The zero-order valence-electron chi connectivity index (χ0n) is 8.70. The van der Waals surface area contributed by atoms with E-state index in [0.29, 0.717) is 0 Å². The van der Waals surface area contributed by atoms with Crippen molar-refractivity contribution in [1.82, 2.24) is 10.3 Å². The van der Waals surface area contributed by atoms with Gasteiger partial charge in [0.25, 0.3) is 0 Å². The highest BCUT2D eigenvalue weighted by atomic mass is 16.5. The predicted octanol–water partition coefficient (Wildman–Crippen LogP) is 1.60. The molecule has 0 bridgehead atoms. The number of hydrogen-bond acceptors (Lipinski definition) is 3. The van der Waals surface area contributed by atoms with Crippen LogP contribution in [0.1, 0.15) is 18.9 Å². The van der Waals surface area contributed by atoms with Crippen LogP contribution in [-0.4, -0.2) is 24.7 Å². The first kappa shape index (κ1) is 11.1. The molecule has 14 heavy (non-hydrogen) atoms. The summed E-state index contributed by atoms with van der Waals surface area (Å²) in [4.78, 5) is 4.04. The summed E-state index contributed by atoms with van der Waals surface area (Å²) < 4.78 is 5.34. The van der Waals surface area contributed by atoms with Crippen molar-refractivity contribution in [3.8, 4) is 0 Å². The molecule has 1 N–H and O–H groups in total. The molecule has 0 amide bonds. The van der Waals surface area contributed by atoms with Crippen LogP contribution in [0.2, 0.25) is 0 Å². The first-order chi connectivity index (χ1) is 6.93. The number of pyridine rings is 1. The van der Waals surface area contributed by atoms with E-state index in [-0.39, 0.29) is 0 Å². The maximum absolute atomic E-state index is 5.34. The van der Waals surface area contributed by atoms with Gasteiger partial charge < -0.3 is 10.1 Å². The number of rotatable bonds is 7. The van der Waals surface area contributed by atoms with Gasteiger partial charge in [-0.1, -0.05) is 13.0 Å². The van der Waals surface area contributed by atoms with Crippen LogP contribution in [0.3, 0.4) is 0 Å². The molecule has 3 heteroatoms. The second-order valence-corrected chi connectivity index (χ2v) is 3.15. The molecule has 0 aliphatic rings. The third-order valence-corrected chi connectivity index (χ3v) is 1.82. The van der Waals surface area contributed by atoms with Gasteiger partial charge in [-0.15, -0.1) is 0 Å². The molecule has 1 aromatic rings. The first-order valence-electron chi connectivity index (χ1n) is 5.11.